The molecule has 0 saturated heterocycles. The van der Waals surface area contributed by atoms with Gasteiger partial charge in [0.2, 0.25) is 0 Å². The van der Waals surface area contributed by atoms with E-state index >= 15 is 0 Å². The Morgan fingerprint density at radius 1 is 1.06 bits per heavy atom. The van der Waals surface area contributed by atoms with Crippen molar-refractivity contribution in [2.24, 2.45) is 5.92 Å². The van der Waals surface area contributed by atoms with Crippen LogP contribution in [-0.4, -0.2) is 61.0 Å². The van der Waals surface area contributed by atoms with Gasteiger partial charge in [-0.1, -0.05) is 32.0 Å². The summed E-state index contributed by atoms with van der Waals surface area (Å²) in [5, 5.41) is 12.5. The highest BCUT2D eigenvalue weighted by atomic mass is 127. The fourth-order valence-corrected chi connectivity index (χ4v) is 9.05. The molecule has 0 radical (unpaired) electrons. The predicted molar refractivity (Wildman–Crippen MR) is 223 cm³/mol. The van der Waals surface area contributed by atoms with Crippen molar-refractivity contribution in [3.05, 3.63) is 86.3 Å². The molecule has 13 nitrogen and oxygen atoms in total. The molecule has 1 fully saturated rings. The molecule has 4 aromatic heterocycles. The maximum atomic E-state index is 13.4. The Labute approximate surface area is 324 Å². The average molecular weight is 859 g/mol. The number of pyridine rings is 1. The van der Waals surface area contributed by atoms with Gasteiger partial charge in [-0.25, -0.2) is 14.0 Å². The van der Waals surface area contributed by atoms with E-state index in [1.54, 1.807) is 17.8 Å². The van der Waals surface area contributed by atoms with Crippen LogP contribution in [0.2, 0.25) is 0 Å². The molecule has 7 aromatic rings. The summed E-state index contributed by atoms with van der Waals surface area (Å²) < 4.78 is 15.8. The van der Waals surface area contributed by atoms with Gasteiger partial charge in [0.1, 0.15) is 12.4 Å². The molecule has 1 aliphatic rings. The van der Waals surface area contributed by atoms with Crippen molar-refractivity contribution in [3.8, 4) is 16.9 Å². The van der Waals surface area contributed by atoms with Crippen molar-refractivity contribution < 1.29 is 14.3 Å². The molecule has 0 aliphatic heterocycles. The monoisotopic (exact) mass is 858 g/mol. The molecule has 0 spiro atoms. The maximum Gasteiger partial charge on any atom is 0.347 e. The summed E-state index contributed by atoms with van der Waals surface area (Å²) in [7, 11) is 3.76. The third-order valence-corrected chi connectivity index (χ3v) is 12.0. The number of nitrogens with one attached hydrogen (secondary N) is 2. The summed E-state index contributed by atoms with van der Waals surface area (Å²) in [5.41, 5.74) is 6.65. The van der Waals surface area contributed by atoms with E-state index < -0.39 is 17.7 Å². The van der Waals surface area contributed by atoms with Crippen molar-refractivity contribution in [2.45, 2.75) is 59.1 Å². The number of fused-ring (bicyclic) bond motifs is 5. The summed E-state index contributed by atoms with van der Waals surface area (Å²) in [6.07, 6.45) is 6.21. The number of benzene rings is 3. The van der Waals surface area contributed by atoms with Crippen molar-refractivity contribution in [1.82, 2.24) is 34.3 Å². The summed E-state index contributed by atoms with van der Waals surface area (Å²) in [6.45, 7) is 8.11. The summed E-state index contributed by atoms with van der Waals surface area (Å²) in [6, 6.07) is 11.5. The number of ether oxygens (including phenoxy) is 2. The van der Waals surface area contributed by atoms with Crippen LogP contribution in [0.1, 0.15) is 62.3 Å². The van der Waals surface area contributed by atoms with Gasteiger partial charge in [-0.05, 0) is 101 Å². The van der Waals surface area contributed by atoms with Gasteiger partial charge < -0.3 is 24.3 Å². The number of nitrogens with zero attached hydrogens (tertiary/aromatic N) is 6. The summed E-state index contributed by atoms with van der Waals surface area (Å²) in [4.78, 5) is 51.6. The quantitative estimate of drug-likeness (QED) is 0.0765. The highest BCUT2D eigenvalue weighted by Crippen LogP contribution is 2.52. The summed E-state index contributed by atoms with van der Waals surface area (Å²) >= 11 is 2.34. The summed E-state index contributed by atoms with van der Waals surface area (Å²) in [5.74, 6) is 0.972. The van der Waals surface area contributed by atoms with Crippen molar-refractivity contribution in [1.29, 1.82) is 0 Å². The number of aromatic nitrogens is 7. The first-order valence-electron chi connectivity index (χ1n) is 17.9. The van der Waals surface area contributed by atoms with Gasteiger partial charge in [-0.2, -0.15) is 15.2 Å². The second-order valence-electron chi connectivity index (χ2n) is 14.4. The van der Waals surface area contributed by atoms with Gasteiger partial charge in [-0.3, -0.25) is 9.48 Å². The van der Waals surface area contributed by atoms with Crippen molar-refractivity contribution >= 4 is 83.8 Å². The van der Waals surface area contributed by atoms with Crippen LogP contribution in [0.4, 0.5) is 5.82 Å². The molecule has 15 heteroatoms. The largest absolute Gasteiger partial charge is 0.486 e. The van der Waals surface area contributed by atoms with Crippen molar-refractivity contribution in [3.63, 3.8) is 0 Å². The molecule has 0 bridgehead atoms. The van der Waals surface area contributed by atoms with Gasteiger partial charge in [-0.15, -0.1) is 0 Å². The number of H-pyrrole nitrogens is 2. The molecule has 2 N–H and O–H groups in total. The Kier molecular flexibility index (Phi) is 9.45. The van der Waals surface area contributed by atoms with Crippen LogP contribution in [0.3, 0.4) is 0 Å². The molecule has 3 aromatic carbocycles. The lowest BCUT2D eigenvalue weighted by Crippen LogP contribution is -2.27. The minimum absolute atomic E-state index is 0.106. The van der Waals surface area contributed by atoms with E-state index in [0.717, 1.165) is 62.3 Å². The Morgan fingerprint density at radius 3 is 2.56 bits per heavy atom. The zero-order chi connectivity index (χ0) is 38.0. The molecular weight excluding hydrogens is 818 g/mol. The Morgan fingerprint density at radius 2 is 1.85 bits per heavy atom. The van der Waals surface area contributed by atoms with E-state index in [9.17, 15) is 14.4 Å². The minimum Gasteiger partial charge on any atom is -0.486 e. The zero-order valence-corrected chi connectivity index (χ0v) is 33.9. The molecule has 1 saturated carbocycles. The number of aromatic amines is 2. The van der Waals surface area contributed by atoms with Crippen LogP contribution < -0.4 is 20.9 Å². The number of halogens is 1. The topological polar surface area (TPSA) is 153 Å². The van der Waals surface area contributed by atoms with Gasteiger partial charge in [0.15, 0.2) is 17.3 Å². The number of hydrogen-bond acceptors (Lipinski definition) is 9. The van der Waals surface area contributed by atoms with Crippen LogP contribution in [0.15, 0.2) is 58.4 Å². The fraction of sp³-hybridized carbons (Fsp3) is 0.333. The Hall–Kier alpha value is -4.82. The minimum atomic E-state index is -0.671. The molecule has 4 heterocycles. The molecule has 2 unspecified atom stereocenters. The zero-order valence-electron chi connectivity index (χ0n) is 30.8. The van der Waals surface area contributed by atoms with Crippen molar-refractivity contribution in [2.75, 3.05) is 25.6 Å². The van der Waals surface area contributed by atoms with E-state index in [1.807, 2.05) is 61.7 Å². The highest BCUT2D eigenvalue weighted by Gasteiger charge is 2.33. The number of rotatable bonds is 11. The molecule has 8 rings (SSSR count). The molecule has 278 valence electrons. The first-order chi connectivity index (χ1) is 26.0. The second-order valence-corrected chi connectivity index (χ2v) is 16.4. The number of carbonyl (C=O) groups is 1. The number of hydrogen-bond donors (Lipinski definition) is 2. The van der Waals surface area contributed by atoms with E-state index in [0.29, 0.717) is 40.3 Å². The molecule has 2 atom stereocenters. The third-order valence-electron chi connectivity index (χ3n) is 10.1. The smallest absolute Gasteiger partial charge is 0.347 e. The normalized spacial score (nSPS) is 14.0. The molecule has 54 heavy (non-hydrogen) atoms. The van der Waals surface area contributed by atoms with E-state index in [4.69, 9.17) is 14.6 Å². The van der Waals surface area contributed by atoms with Gasteiger partial charge in [0.05, 0.1) is 30.2 Å². The standard InChI is InChI=1S/C39H40IN8O5P/c1-7-52-38(50)34(19(2)3)47-17-27-23-12-9-21(14-28(23)42-37(49)33(27)45-47)18-53-35-31(30-20(4)8-13-29-26(30)16-41-48(29)54-40)24(22-10-11-22)15-25-32(35)43-39(51)44-36(25)46(5)6/h8-9,12-17,19,22,34,54H,7,10-11,18H2,1-6H3,(H,42,49)(H,43,44,51). The SMILES string of the molecule is CCOC(=O)C(C(C)C)n1cc2c(n1)c(=O)[nH]c1cc(COc3c(-c4c(C)ccc5c4cnn5PI)c(C4CC4)cc4c(N(C)C)nc(=O)[nH]c34)ccc12. The van der Waals surface area contributed by atoms with E-state index in [2.05, 4.69) is 67.2 Å². The van der Waals surface area contributed by atoms with Gasteiger partial charge in [0, 0.05) is 52.9 Å². The molecule has 1 aliphatic carbocycles. The second kappa shape index (κ2) is 14.1. The number of esters is 1. The number of aryl methyl sites for hydroxylation is 1. The lowest BCUT2D eigenvalue weighted by Gasteiger charge is -2.22. The Balaban J connectivity index is 1.28. The van der Waals surface area contributed by atoms with Crippen LogP contribution in [0.25, 0.3) is 54.7 Å². The highest BCUT2D eigenvalue weighted by molar-refractivity contribution is 14.2. The van der Waals surface area contributed by atoms with Gasteiger partial charge >= 0.3 is 11.7 Å². The lowest BCUT2D eigenvalue weighted by atomic mass is 9.89. The average Bonchev–Trinajstić information content (AvgIpc) is 3.75. The van der Waals surface area contributed by atoms with Crippen LogP contribution in [0.5, 0.6) is 5.75 Å². The molecular formula is C39H40IN8O5P. The van der Waals surface area contributed by atoms with Gasteiger partial charge in [0.25, 0.3) is 5.56 Å². The fourth-order valence-electron chi connectivity index (χ4n) is 7.51. The first-order valence-corrected chi connectivity index (χ1v) is 22.0. The number of anilines is 1. The lowest BCUT2D eigenvalue weighted by molar-refractivity contribution is -0.148. The van der Waals surface area contributed by atoms with Crippen LogP contribution in [-0.2, 0) is 16.1 Å². The maximum absolute atomic E-state index is 13.4. The first kappa shape index (κ1) is 36.2. The number of carbonyl (C=O) groups excluding carboxylic acids is 1. The van der Waals surface area contributed by atoms with E-state index in [1.165, 1.54) is 0 Å². The Bertz CT molecular complexity index is 2750. The molecule has 0 amide bonds. The van der Waals surface area contributed by atoms with Crippen LogP contribution in [0, 0.1) is 12.8 Å². The predicted octanol–water partition coefficient (Wildman–Crippen LogP) is 7.51. The third kappa shape index (κ3) is 6.22. The van der Waals surface area contributed by atoms with Crippen LogP contribution >= 0.6 is 28.4 Å². The van der Waals surface area contributed by atoms with E-state index in [-0.39, 0.29) is 30.2 Å².